The normalized spacial score (nSPS) is 13.9. The van der Waals surface area contributed by atoms with Crippen molar-refractivity contribution in [1.82, 2.24) is 19.9 Å². The molecular formula is C22H28N6O3S. The fraction of sp³-hybridized carbons (Fsp3) is 0.409. The number of ether oxygens (including phenoxy) is 3. The Hall–Kier alpha value is -3.11. The zero-order chi connectivity index (χ0) is 22.5. The number of rotatable bonds is 9. The van der Waals surface area contributed by atoms with Crippen LogP contribution in [0.4, 0.5) is 11.6 Å². The molecule has 0 aliphatic carbocycles. The van der Waals surface area contributed by atoms with E-state index in [1.54, 1.807) is 18.4 Å². The van der Waals surface area contributed by atoms with Gasteiger partial charge in [-0.25, -0.2) is 4.98 Å². The van der Waals surface area contributed by atoms with Gasteiger partial charge in [0.2, 0.25) is 0 Å². The second-order valence-electron chi connectivity index (χ2n) is 7.57. The molecule has 0 bridgehead atoms. The molecule has 170 valence electrons. The van der Waals surface area contributed by atoms with Crippen LogP contribution in [0.1, 0.15) is 23.4 Å². The number of methoxy groups -OCH3 is 1. The van der Waals surface area contributed by atoms with Gasteiger partial charge in [0.25, 0.3) is 0 Å². The van der Waals surface area contributed by atoms with E-state index < -0.39 is 0 Å². The summed E-state index contributed by atoms with van der Waals surface area (Å²) in [6, 6.07) is 7.49. The van der Waals surface area contributed by atoms with Gasteiger partial charge in [-0.3, -0.25) is 4.90 Å². The summed E-state index contributed by atoms with van der Waals surface area (Å²) in [6.07, 6.45) is 2.54. The summed E-state index contributed by atoms with van der Waals surface area (Å²) >= 11 is 1.59. The van der Waals surface area contributed by atoms with Crippen LogP contribution in [0.3, 0.4) is 0 Å². The Kier molecular flexibility index (Phi) is 6.91. The largest absolute Gasteiger partial charge is 0.493 e. The molecule has 1 aromatic carbocycles. The van der Waals surface area contributed by atoms with E-state index >= 15 is 0 Å². The van der Waals surface area contributed by atoms with Crippen LogP contribution in [0.5, 0.6) is 17.5 Å². The fourth-order valence-corrected chi connectivity index (χ4v) is 4.47. The lowest BCUT2D eigenvalue weighted by molar-refractivity contribution is 0.230. The fourth-order valence-electron chi connectivity index (χ4n) is 3.56. The van der Waals surface area contributed by atoms with Crippen molar-refractivity contribution in [1.29, 1.82) is 0 Å². The quantitative estimate of drug-likeness (QED) is 0.500. The van der Waals surface area contributed by atoms with E-state index in [0.717, 1.165) is 46.5 Å². The molecule has 1 saturated heterocycles. The number of benzene rings is 1. The van der Waals surface area contributed by atoms with Gasteiger partial charge in [-0.1, -0.05) is 0 Å². The topological polar surface area (TPSA) is 122 Å². The number of nitrogens with zero attached hydrogens (tertiary/aromatic N) is 4. The average molecular weight is 457 g/mol. The molecule has 4 rings (SSSR count). The molecule has 3 heterocycles. The minimum absolute atomic E-state index is 0.134. The number of hydrogen-bond acceptors (Lipinski definition) is 10. The minimum Gasteiger partial charge on any atom is -0.493 e. The third-order valence-electron chi connectivity index (χ3n) is 5.25. The molecule has 0 atom stereocenters. The lowest BCUT2D eigenvalue weighted by Crippen LogP contribution is -2.25. The highest BCUT2D eigenvalue weighted by atomic mass is 32.1. The number of aromatic nitrogens is 3. The Balaban J connectivity index is 1.45. The molecule has 2 aromatic heterocycles. The van der Waals surface area contributed by atoms with E-state index in [1.807, 2.05) is 25.1 Å². The predicted octanol–water partition coefficient (Wildman–Crippen LogP) is 3.14. The molecule has 4 N–H and O–H groups in total. The summed E-state index contributed by atoms with van der Waals surface area (Å²) in [7, 11) is 1.65. The lowest BCUT2D eigenvalue weighted by atomic mass is 10.2. The van der Waals surface area contributed by atoms with Crippen molar-refractivity contribution in [2.45, 2.75) is 26.4 Å². The van der Waals surface area contributed by atoms with E-state index in [2.05, 4.69) is 14.9 Å². The highest BCUT2D eigenvalue weighted by Crippen LogP contribution is 2.35. The number of nitrogens with two attached hydrogens (primary N) is 2. The SMILES string of the molecule is COc1ccc(-c2nc(COc3nc(N)cc(N)n3)c(C)s2)cc1OCCN1CCCC1. The number of nitrogen functional groups attached to an aromatic ring is 2. The van der Waals surface area contributed by atoms with E-state index in [9.17, 15) is 0 Å². The van der Waals surface area contributed by atoms with E-state index in [1.165, 1.54) is 18.9 Å². The first-order valence-corrected chi connectivity index (χ1v) is 11.4. The van der Waals surface area contributed by atoms with E-state index in [4.69, 9.17) is 30.7 Å². The zero-order valence-electron chi connectivity index (χ0n) is 18.3. The van der Waals surface area contributed by atoms with Crippen molar-refractivity contribution in [3.05, 3.63) is 34.8 Å². The van der Waals surface area contributed by atoms with Crippen LogP contribution < -0.4 is 25.7 Å². The van der Waals surface area contributed by atoms with Crippen molar-refractivity contribution in [3.63, 3.8) is 0 Å². The maximum absolute atomic E-state index is 6.06. The van der Waals surface area contributed by atoms with Crippen LogP contribution in [0.2, 0.25) is 0 Å². The minimum atomic E-state index is 0.134. The second-order valence-corrected chi connectivity index (χ2v) is 8.78. The van der Waals surface area contributed by atoms with Gasteiger partial charge >= 0.3 is 6.01 Å². The van der Waals surface area contributed by atoms with Gasteiger partial charge in [-0.15, -0.1) is 11.3 Å². The summed E-state index contributed by atoms with van der Waals surface area (Å²) in [5.74, 6) is 1.96. The van der Waals surface area contributed by atoms with Gasteiger partial charge in [0.05, 0.1) is 12.8 Å². The predicted molar refractivity (Wildman–Crippen MR) is 125 cm³/mol. The van der Waals surface area contributed by atoms with Crippen LogP contribution >= 0.6 is 11.3 Å². The van der Waals surface area contributed by atoms with Gasteiger partial charge in [0, 0.05) is 23.1 Å². The van der Waals surface area contributed by atoms with Gasteiger partial charge in [0.15, 0.2) is 11.5 Å². The Morgan fingerprint density at radius 3 is 2.47 bits per heavy atom. The Bertz CT molecular complexity index is 1050. The number of likely N-dealkylation sites (tertiary alicyclic amines) is 1. The first kappa shape index (κ1) is 22.1. The number of anilines is 2. The molecule has 0 radical (unpaired) electrons. The maximum atomic E-state index is 6.06. The molecule has 9 nitrogen and oxygen atoms in total. The van der Waals surface area contributed by atoms with Gasteiger partial charge in [-0.2, -0.15) is 9.97 Å². The lowest BCUT2D eigenvalue weighted by Gasteiger charge is -2.16. The van der Waals surface area contributed by atoms with Crippen LogP contribution in [-0.2, 0) is 6.61 Å². The standard InChI is InChI=1S/C22H28N6O3S/c1-14-16(13-31-22-26-19(23)12-20(24)27-22)25-21(32-14)15-5-6-17(29-2)18(11-15)30-10-9-28-7-3-4-8-28/h5-6,11-12H,3-4,7-10,13H2,1-2H3,(H4,23,24,26,27). The summed E-state index contributed by atoms with van der Waals surface area (Å²) in [6.45, 7) is 6.07. The summed E-state index contributed by atoms with van der Waals surface area (Å²) in [4.78, 5) is 16.3. The van der Waals surface area contributed by atoms with Gasteiger partial charge in [0.1, 0.15) is 29.9 Å². The smallest absolute Gasteiger partial charge is 0.320 e. The van der Waals surface area contributed by atoms with E-state index in [0.29, 0.717) is 12.4 Å². The first-order chi connectivity index (χ1) is 15.5. The molecule has 0 spiro atoms. The van der Waals surface area contributed by atoms with Crippen molar-refractivity contribution in [3.8, 4) is 28.1 Å². The van der Waals surface area contributed by atoms with Crippen molar-refractivity contribution in [2.75, 3.05) is 44.8 Å². The van der Waals surface area contributed by atoms with Crippen LogP contribution in [0.15, 0.2) is 24.3 Å². The molecule has 3 aromatic rings. The van der Waals surface area contributed by atoms with Crippen molar-refractivity contribution in [2.24, 2.45) is 0 Å². The summed E-state index contributed by atoms with van der Waals surface area (Å²) in [5.41, 5.74) is 13.2. The van der Waals surface area contributed by atoms with Crippen LogP contribution in [0, 0.1) is 6.92 Å². The zero-order valence-corrected chi connectivity index (χ0v) is 19.2. The van der Waals surface area contributed by atoms with Gasteiger partial charge < -0.3 is 25.7 Å². The third-order valence-corrected chi connectivity index (χ3v) is 6.31. The molecule has 10 heteroatoms. The Labute approximate surface area is 191 Å². The molecular weight excluding hydrogens is 428 g/mol. The Morgan fingerprint density at radius 1 is 1.00 bits per heavy atom. The second kappa shape index (κ2) is 10.0. The van der Waals surface area contributed by atoms with Crippen LogP contribution in [-0.4, -0.2) is 53.2 Å². The van der Waals surface area contributed by atoms with Crippen molar-refractivity contribution >= 4 is 23.0 Å². The highest BCUT2D eigenvalue weighted by molar-refractivity contribution is 7.15. The molecule has 1 aliphatic rings. The van der Waals surface area contributed by atoms with Crippen LogP contribution in [0.25, 0.3) is 10.6 Å². The average Bonchev–Trinajstić information content (AvgIpc) is 3.41. The number of thiazole rings is 1. The van der Waals surface area contributed by atoms with Crippen molar-refractivity contribution < 1.29 is 14.2 Å². The Morgan fingerprint density at radius 2 is 1.75 bits per heavy atom. The summed E-state index contributed by atoms with van der Waals surface area (Å²) in [5, 5.41) is 0.876. The highest BCUT2D eigenvalue weighted by Gasteiger charge is 2.15. The first-order valence-electron chi connectivity index (χ1n) is 10.5. The molecule has 32 heavy (non-hydrogen) atoms. The molecule has 0 unspecified atom stereocenters. The molecule has 1 aliphatic heterocycles. The molecule has 1 fully saturated rings. The molecule has 0 saturated carbocycles. The number of aryl methyl sites for hydroxylation is 1. The number of hydrogen-bond donors (Lipinski definition) is 2. The van der Waals surface area contributed by atoms with Gasteiger partial charge in [-0.05, 0) is 51.1 Å². The monoisotopic (exact) mass is 456 g/mol. The molecule has 0 amide bonds. The maximum Gasteiger partial charge on any atom is 0.320 e. The van der Waals surface area contributed by atoms with E-state index in [-0.39, 0.29) is 24.3 Å². The third kappa shape index (κ3) is 5.38. The summed E-state index contributed by atoms with van der Waals surface area (Å²) < 4.78 is 17.2.